The molecule has 40 heavy (non-hydrogen) atoms. The fourth-order valence-electron chi connectivity index (χ4n) is 5.10. The number of aromatic amines is 1. The lowest BCUT2D eigenvalue weighted by Crippen LogP contribution is -2.35. The van der Waals surface area contributed by atoms with E-state index in [0.29, 0.717) is 36.6 Å². The molecule has 10 heteroatoms. The molecule has 9 nitrogen and oxygen atoms in total. The molecule has 2 fully saturated rings. The van der Waals surface area contributed by atoms with E-state index < -0.39 is 16.1 Å². The van der Waals surface area contributed by atoms with Crippen LogP contribution in [0.5, 0.6) is 5.75 Å². The third kappa shape index (κ3) is 7.73. The van der Waals surface area contributed by atoms with Crippen LogP contribution in [-0.4, -0.2) is 79.5 Å². The summed E-state index contributed by atoms with van der Waals surface area (Å²) in [7, 11) is -2.51. The van der Waals surface area contributed by atoms with Crippen LogP contribution < -0.4 is 10.9 Å². The van der Waals surface area contributed by atoms with Gasteiger partial charge in [-0.05, 0) is 41.8 Å². The Morgan fingerprint density at radius 3 is 2.40 bits per heavy atom. The summed E-state index contributed by atoms with van der Waals surface area (Å²) >= 11 is 0. The molecule has 2 atom stereocenters. The minimum absolute atomic E-state index is 0.0126. The van der Waals surface area contributed by atoms with E-state index in [0.717, 1.165) is 49.5 Å². The first kappa shape index (κ1) is 28.4. The molecule has 0 radical (unpaired) electrons. The third-order valence-corrected chi connectivity index (χ3v) is 9.28. The van der Waals surface area contributed by atoms with Crippen LogP contribution in [0.25, 0.3) is 0 Å². The van der Waals surface area contributed by atoms with Gasteiger partial charge in [0.2, 0.25) is 5.75 Å². The number of H-pyrrole nitrogens is 1. The molecule has 0 unspecified atom stereocenters. The summed E-state index contributed by atoms with van der Waals surface area (Å²) in [6.45, 7) is 4.96. The first-order valence-electron chi connectivity index (χ1n) is 13.6. The van der Waals surface area contributed by atoms with E-state index in [2.05, 4.69) is 56.3 Å². The van der Waals surface area contributed by atoms with Crippen LogP contribution in [0.15, 0.2) is 59.7 Å². The fraction of sp³-hybridized carbons (Fsp3) is 0.400. The molecule has 2 aliphatic rings. The number of morpholine rings is 1. The second-order valence-electron chi connectivity index (χ2n) is 10.5. The van der Waals surface area contributed by atoms with Crippen molar-refractivity contribution in [2.75, 3.05) is 44.4 Å². The first-order valence-corrected chi connectivity index (χ1v) is 15.5. The lowest BCUT2D eigenvalue weighted by atomic mass is 9.92. The SMILES string of the molecule is O=c1[nH]cnc(C[C@H](CN[C@H]2CCS(O)(O)C2)c2ccc(C#Cc3ccc(CN4CCOCC4)cc3)cc2)c1O. The predicted molar refractivity (Wildman–Crippen MR) is 157 cm³/mol. The van der Waals surface area contributed by atoms with Crippen molar-refractivity contribution in [2.24, 2.45) is 0 Å². The third-order valence-electron chi connectivity index (χ3n) is 7.46. The van der Waals surface area contributed by atoms with Crippen LogP contribution in [-0.2, 0) is 17.7 Å². The molecular weight excluding hydrogens is 528 g/mol. The standard InChI is InChI=1S/C30H36N4O5S/c35-29-28(32-21-33-30(29)36)17-26(18-31-27-11-16-40(37,38)20-27)25-9-7-23(8-10-25)2-1-22-3-5-24(6-4-22)19-34-12-14-39-15-13-34/h3-10,21,26-27,31,35,37-38H,11-20H2,(H,32,33,36)/t26-,27+/m1/s1. The van der Waals surface area contributed by atoms with E-state index in [1.165, 1.54) is 11.9 Å². The number of nitrogens with zero attached hydrogens (tertiary/aromatic N) is 2. The van der Waals surface area contributed by atoms with Crippen molar-refractivity contribution in [3.8, 4) is 17.6 Å². The van der Waals surface area contributed by atoms with Crippen LogP contribution in [0.1, 0.15) is 40.3 Å². The van der Waals surface area contributed by atoms with Crippen molar-refractivity contribution >= 4 is 10.6 Å². The molecular formula is C30H36N4O5S. The molecule has 0 aliphatic carbocycles. The Kier molecular flexibility index (Phi) is 9.22. The average molecular weight is 565 g/mol. The Balaban J connectivity index is 1.25. The van der Waals surface area contributed by atoms with Gasteiger partial charge in [-0.3, -0.25) is 18.8 Å². The lowest BCUT2D eigenvalue weighted by molar-refractivity contribution is 0.0342. The zero-order chi connectivity index (χ0) is 28.0. The molecule has 0 saturated carbocycles. The van der Waals surface area contributed by atoms with Gasteiger partial charge in [0.25, 0.3) is 5.56 Å². The van der Waals surface area contributed by atoms with Crippen LogP contribution in [0, 0.1) is 11.8 Å². The molecule has 2 aliphatic heterocycles. The van der Waals surface area contributed by atoms with Gasteiger partial charge < -0.3 is 20.1 Å². The number of ether oxygens (including phenoxy) is 1. The van der Waals surface area contributed by atoms with Crippen LogP contribution >= 0.6 is 10.6 Å². The topological polar surface area (TPSA) is 131 Å². The molecule has 0 bridgehead atoms. The van der Waals surface area contributed by atoms with Crippen LogP contribution in [0.2, 0.25) is 0 Å². The average Bonchev–Trinajstić information content (AvgIpc) is 3.32. The highest BCUT2D eigenvalue weighted by Gasteiger charge is 2.29. The van der Waals surface area contributed by atoms with Crippen molar-refractivity contribution in [1.29, 1.82) is 0 Å². The lowest BCUT2D eigenvalue weighted by Gasteiger charge is -2.26. The van der Waals surface area contributed by atoms with E-state index in [1.807, 2.05) is 24.3 Å². The van der Waals surface area contributed by atoms with Gasteiger partial charge in [-0.25, -0.2) is 4.98 Å². The second-order valence-corrected chi connectivity index (χ2v) is 12.8. The number of benzene rings is 2. The maximum atomic E-state index is 11.9. The van der Waals surface area contributed by atoms with Crippen molar-refractivity contribution in [3.63, 3.8) is 0 Å². The Morgan fingerprint density at radius 1 is 1.07 bits per heavy atom. The van der Waals surface area contributed by atoms with Gasteiger partial charge in [-0.2, -0.15) is 10.6 Å². The minimum atomic E-state index is -2.51. The monoisotopic (exact) mass is 564 g/mol. The summed E-state index contributed by atoms with van der Waals surface area (Å²) in [4.78, 5) is 20.9. The molecule has 2 aromatic carbocycles. The van der Waals surface area contributed by atoms with Crippen molar-refractivity contribution in [3.05, 3.63) is 93.2 Å². The van der Waals surface area contributed by atoms with Gasteiger partial charge >= 0.3 is 0 Å². The highest BCUT2D eigenvalue weighted by molar-refractivity contribution is 8.24. The largest absolute Gasteiger partial charge is 0.502 e. The Labute approximate surface area is 236 Å². The quantitative estimate of drug-likeness (QED) is 0.264. The van der Waals surface area contributed by atoms with Gasteiger partial charge in [0.1, 0.15) is 0 Å². The zero-order valence-corrected chi connectivity index (χ0v) is 23.2. The highest BCUT2D eigenvalue weighted by atomic mass is 32.3. The van der Waals surface area contributed by atoms with E-state index in [4.69, 9.17) is 4.74 Å². The minimum Gasteiger partial charge on any atom is -0.502 e. The number of rotatable bonds is 8. The molecule has 3 heterocycles. The van der Waals surface area contributed by atoms with Gasteiger partial charge in [-0.1, -0.05) is 36.1 Å². The van der Waals surface area contributed by atoms with E-state index in [-0.39, 0.29) is 17.7 Å². The summed E-state index contributed by atoms with van der Waals surface area (Å²) in [6, 6.07) is 16.3. The molecule has 0 amide bonds. The van der Waals surface area contributed by atoms with E-state index in [1.54, 1.807) is 0 Å². The second kappa shape index (κ2) is 13.0. The maximum absolute atomic E-state index is 11.9. The fourth-order valence-corrected chi connectivity index (χ4v) is 6.86. The number of aromatic nitrogens is 2. The summed E-state index contributed by atoms with van der Waals surface area (Å²) < 4.78 is 25.4. The Bertz CT molecular complexity index is 1390. The summed E-state index contributed by atoms with van der Waals surface area (Å²) in [6.07, 6.45) is 2.35. The first-order chi connectivity index (χ1) is 19.3. The molecule has 2 saturated heterocycles. The summed E-state index contributed by atoms with van der Waals surface area (Å²) in [5.74, 6) is 6.77. The summed E-state index contributed by atoms with van der Waals surface area (Å²) in [5.41, 5.74) is 3.87. The number of hydrogen-bond acceptors (Lipinski definition) is 8. The van der Waals surface area contributed by atoms with Crippen molar-refractivity contribution < 1.29 is 18.9 Å². The molecule has 5 N–H and O–H groups in total. The molecule has 1 aromatic heterocycles. The maximum Gasteiger partial charge on any atom is 0.293 e. The van der Waals surface area contributed by atoms with Crippen LogP contribution in [0.3, 0.4) is 0 Å². The predicted octanol–water partition coefficient (Wildman–Crippen LogP) is 3.15. The van der Waals surface area contributed by atoms with Gasteiger partial charge in [-0.15, -0.1) is 0 Å². The van der Waals surface area contributed by atoms with Gasteiger partial charge in [0, 0.05) is 61.4 Å². The Hall–Kier alpha value is -3.17. The molecule has 5 rings (SSSR count). The normalized spacial score (nSPS) is 20.4. The van der Waals surface area contributed by atoms with Crippen molar-refractivity contribution in [2.45, 2.75) is 31.3 Å². The number of aromatic hydroxyl groups is 1. The van der Waals surface area contributed by atoms with Crippen LogP contribution in [0.4, 0.5) is 0 Å². The highest BCUT2D eigenvalue weighted by Crippen LogP contribution is 2.45. The summed E-state index contributed by atoms with van der Waals surface area (Å²) in [5, 5.41) is 13.7. The van der Waals surface area contributed by atoms with Gasteiger partial charge in [0.15, 0.2) is 0 Å². The van der Waals surface area contributed by atoms with Crippen molar-refractivity contribution in [1.82, 2.24) is 20.2 Å². The molecule has 3 aromatic rings. The van der Waals surface area contributed by atoms with E-state index >= 15 is 0 Å². The molecule has 212 valence electrons. The van der Waals surface area contributed by atoms with Gasteiger partial charge in [0.05, 0.1) is 31.0 Å². The smallest absolute Gasteiger partial charge is 0.293 e. The molecule has 0 spiro atoms. The Morgan fingerprint density at radius 2 is 1.75 bits per heavy atom. The van der Waals surface area contributed by atoms with E-state index in [9.17, 15) is 19.0 Å². The zero-order valence-electron chi connectivity index (χ0n) is 22.4. The number of nitrogens with one attached hydrogen (secondary N) is 2. The number of hydrogen-bond donors (Lipinski definition) is 5.